The second-order valence-electron chi connectivity index (χ2n) is 5.82. The summed E-state index contributed by atoms with van der Waals surface area (Å²) in [4.78, 5) is 24.0. The van der Waals surface area contributed by atoms with E-state index in [2.05, 4.69) is 5.32 Å². The zero-order chi connectivity index (χ0) is 20.2. The number of nitrogens with two attached hydrogens (primary N) is 1. The molecule has 0 unspecified atom stereocenters. The summed E-state index contributed by atoms with van der Waals surface area (Å²) in [7, 11) is -2.13. The second kappa shape index (κ2) is 8.44. The minimum absolute atomic E-state index is 0.00401. The van der Waals surface area contributed by atoms with Crippen LogP contribution in [-0.4, -0.2) is 37.7 Å². The molecule has 0 spiro atoms. The molecular weight excluding hydrogens is 396 g/mol. The lowest BCUT2D eigenvalue weighted by molar-refractivity contribution is -0.384. The highest BCUT2D eigenvalue weighted by Crippen LogP contribution is 2.23. The van der Waals surface area contributed by atoms with Crippen molar-refractivity contribution in [2.75, 3.05) is 18.9 Å². The van der Waals surface area contributed by atoms with Crippen LogP contribution < -0.4 is 10.5 Å². The maximum atomic E-state index is 12.1. The third-order valence-electron chi connectivity index (χ3n) is 3.56. The molecule has 0 heterocycles. The molecule has 0 aromatic heterocycles. The number of halogens is 1. The van der Waals surface area contributed by atoms with Crippen molar-refractivity contribution in [3.05, 3.63) is 63.2 Å². The number of carbonyl (C=O) groups is 1. The zero-order valence-corrected chi connectivity index (χ0v) is 15.8. The molecule has 0 saturated heterocycles. The molecule has 0 aliphatic heterocycles. The molecule has 2 aromatic rings. The minimum atomic E-state index is -3.80. The molecular formula is C16H17ClN4O5S. The van der Waals surface area contributed by atoms with Crippen LogP contribution in [0.5, 0.6) is 0 Å². The largest absolute Gasteiger partial charge is 0.325 e. The van der Waals surface area contributed by atoms with Crippen molar-refractivity contribution in [3.63, 3.8) is 0 Å². The lowest BCUT2D eigenvalue weighted by atomic mass is 10.2. The minimum Gasteiger partial charge on any atom is -0.325 e. The molecule has 3 N–H and O–H groups in total. The Bertz CT molecular complexity index is 963. The molecule has 0 saturated carbocycles. The van der Waals surface area contributed by atoms with Crippen LogP contribution in [0.3, 0.4) is 0 Å². The number of nitrogens with one attached hydrogen (secondary N) is 1. The Morgan fingerprint density at radius 2 is 1.89 bits per heavy atom. The zero-order valence-electron chi connectivity index (χ0n) is 14.3. The molecule has 144 valence electrons. The van der Waals surface area contributed by atoms with Gasteiger partial charge in [-0.25, -0.2) is 13.6 Å². The van der Waals surface area contributed by atoms with Crippen LogP contribution in [-0.2, 0) is 21.4 Å². The molecule has 0 radical (unpaired) electrons. The quantitative estimate of drug-likeness (QED) is 0.527. The van der Waals surface area contributed by atoms with Gasteiger partial charge in [0, 0.05) is 29.4 Å². The monoisotopic (exact) mass is 412 g/mol. The van der Waals surface area contributed by atoms with E-state index in [1.54, 1.807) is 11.9 Å². The molecule has 0 fully saturated rings. The van der Waals surface area contributed by atoms with Crippen LogP contribution in [0, 0.1) is 10.1 Å². The van der Waals surface area contributed by atoms with Gasteiger partial charge in [0.25, 0.3) is 5.69 Å². The summed E-state index contributed by atoms with van der Waals surface area (Å²) in [5.41, 5.74) is 0.857. The van der Waals surface area contributed by atoms with Crippen molar-refractivity contribution in [2.45, 2.75) is 11.4 Å². The van der Waals surface area contributed by atoms with E-state index in [9.17, 15) is 23.3 Å². The van der Waals surface area contributed by atoms with Crippen molar-refractivity contribution in [1.29, 1.82) is 0 Å². The molecule has 2 aromatic carbocycles. The van der Waals surface area contributed by atoms with Crippen LogP contribution in [0.1, 0.15) is 5.56 Å². The van der Waals surface area contributed by atoms with Gasteiger partial charge in [0.15, 0.2) is 0 Å². The normalized spacial score (nSPS) is 11.4. The highest BCUT2D eigenvalue weighted by atomic mass is 35.5. The van der Waals surface area contributed by atoms with Gasteiger partial charge in [0.1, 0.15) is 0 Å². The highest BCUT2D eigenvalue weighted by Gasteiger charge is 2.14. The van der Waals surface area contributed by atoms with Gasteiger partial charge < -0.3 is 5.32 Å². The molecule has 2 rings (SSSR count). The summed E-state index contributed by atoms with van der Waals surface area (Å²) in [5, 5.41) is 18.9. The number of benzene rings is 2. The number of amides is 1. The van der Waals surface area contributed by atoms with E-state index in [1.165, 1.54) is 42.5 Å². The fourth-order valence-corrected chi connectivity index (χ4v) is 3.01. The number of non-ortho nitro benzene ring substituents is 1. The number of primary sulfonamides is 1. The Balaban J connectivity index is 1.98. The number of anilines is 1. The van der Waals surface area contributed by atoms with Gasteiger partial charge in [-0.05, 0) is 42.9 Å². The summed E-state index contributed by atoms with van der Waals surface area (Å²) < 4.78 is 22.4. The number of likely N-dealkylation sites (N-methyl/N-ethyl adjacent to an activating group) is 1. The molecule has 0 aliphatic rings. The van der Waals surface area contributed by atoms with E-state index in [-0.39, 0.29) is 29.6 Å². The van der Waals surface area contributed by atoms with E-state index in [0.717, 1.165) is 0 Å². The van der Waals surface area contributed by atoms with Crippen LogP contribution in [0.4, 0.5) is 11.4 Å². The van der Waals surface area contributed by atoms with Crippen molar-refractivity contribution >= 4 is 38.9 Å². The van der Waals surface area contributed by atoms with E-state index in [1.807, 2.05) is 0 Å². The SMILES string of the molecule is CN(CC(=O)Nc1ccc(S(N)(=O)=O)cc1)Cc1cc([N+](=O)[O-])ccc1Cl. The number of hydrogen-bond acceptors (Lipinski definition) is 6. The van der Waals surface area contributed by atoms with Crippen molar-refractivity contribution in [3.8, 4) is 0 Å². The van der Waals surface area contributed by atoms with E-state index in [4.69, 9.17) is 16.7 Å². The van der Waals surface area contributed by atoms with Gasteiger partial charge >= 0.3 is 0 Å². The number of hydrogen-bond donors (Lipinski definition) is 2. The molecule has 9 nitrogen and oxygen atoms in total. The second-order valence-corrected chi connectivity index (χ2v) is 7.79. The van der Waals surface area contributed by atoms with Crippen LogP contribution in [0.25, 0.3) is 0 Å². The van der Waals surface area contributed by atoms with Crippen LogP contribution in [0.15, 0.2) is 47.4 Å². The standard InChI is InChI=1S/C16H17ClN4O5S/c1-20(9-11-8-13(21(23)24)4-7-15(11)17)10-16(22)19-12-2-5-14(6-3-12)27(18,25)26/h2-8H,9-10H2,1H3,(H,19,22)(H2,18,25,26). The number of nitro benzene ring substituents is 1. The predicted octanol–water partition coefficient (Wildman–Crippen LogP) is 1.97. The Kier molecular flexibility index (Phi) is 6.50. The van der Waals surface area contributed by atoms with E-state index in [0.29, 0.717) is 16.3 Å². The smallest absolute Gasteiger partial charge is 0.269 e. The first kappa shape index (κ1) is 20.8. The van der Waals surface area contributed by atoms with Gasteiger partial charge in [-0.15, -0.1) is 0 Å². The maximum Gasteiger partial charge on any atom is 0.269 e. The number of carbonyl (C=O) groups excluding carboxylic acids is 1. The first-order valence-electron chi connectivity index (χ1n) is 7.60. The Labute approximate surface area is 160 Å². The predicted molar refractivity (Wildman–Crippen MR) is 101 cm³/mol. The first-order valence-corrected chi connectivity index (χ1v) is 9.53. The summed E-state index contributed by atoms with van der Waals surface area (Å²) in [6.45, 7) is 0.230. The third-order valence-corrected chi connectivity index (χ3v) is 4.86. The Morgan fingerprint density at radius 1 is 1.26 bits per heavy atom. The molecule has 1 amide bonds. The van der Waals surface area contributed by atoms with Gasteiger partial charge in [0.05, 0.1) is 16.4 Å². The van der Waals surface area contributed by atoms with E-state index >= 15 is 0 Å². The number of sulfonamides is 1. The average molecular weight is 413 g/mol. The van der Waals surface area contributed by atoms with Gasteiger partial charge in [-0.2, -0.15) is 0 Å². The summed E-state index contributed by atoms with van der Waals surface area (Å²) in [5.74, 6) is -0.345. The first-order chi connectivity index (χ1) is 12.6. The van der Waals surface area contributed by atoms with Gasteiger partial charge in [0.2, 0.25) is 15.9 Å². The average Bonchev–Trinajstić information content (AvgIpc) is 2.56. The molecule has 11 heteroatoms. The molecule has 0 atom stereocenters. The fourth-order valence-electron chi connectivity index (χ4n) is 2.32. The third kappa shape index (κ3) is 6.00. The maximum absolute atomic E-state index is 12.1. The number of nitrogens with zero attached hydrogens (tertiary/aromatic N) is 2. The van der Waals surface area contributed by atoms with Crippen molar-refractivity contribution in [2.24, 2.45) is 5.14 Å². The van der Waals surface area contributed by atoms with E-state index < -0.39 is 14.9 Å². The molecule has 0 aliphatic carbocycles. The Hall–Kier alpha value is -2.53. The molecule has 27 heavy (non-hydrogen) atoms. The van der Waals surface area contributed by atoms with Crippen molar-refractivity contribution in [1.82, 2.24) is 4.90 Å². The lowest BCUT2D eigenvalue weighted by Crippen LogP contribution is -2.30. The molecule has 0 bridgehead atoms. The highest BCUT2D eigenvalue weighted by molar-refractivity contribution is 7.89. The van der Waals surface area contributed by atoms with Crippen molar-refractivity contribution < 1.29 is 18.1 Å². The van der Waals surface area contributed by atoms with Crippen LogP contribution >= 0.6 is 11.6 Å². The number of nitro groups is 1. The lowest BCUT2D eigenvalue weighted by Gasteiger charge is -2.17. The van der Waals surface area contributed by atoms with Crippen LogP contribution in [0.2, 0.25) is 5.02 Å². The van der Waals surface area contributed by atoms with Gasteiger partial charge in [-0.1, -0.05) is 11.6 Å². The fraction of sp³-hybridized carbons (Fsp3) is 0.188. The van der Waals surface area contributed by atoms with Gasteiger partial charge in [-0.3, -0.25) is 19.8 Å². The topological polar surface area (TPSA) is 136 Å². The number of rotatable bonds is 7. The summed E-state index contributed by atoms with van der Waals surface area (Å²) in [6.07, 6.45) is 0. The Morgan fingerprint density at radius 3 is 2.44 bits per heavy atom. The summed E-state index contributed by atoms with van der Waals surface area (Å²) in [6, 6.07) is 9.54. The summed E-state index contributed by atoms with van der Waals surface area (Å²) >= 11 is 6.05.